The number of anilines is 2. The van der Waals surface area contributed by atoms with E-state index in [0.29, 0.717) is 17.9 Å². The largest absolute Gasteiger partial charge is 0.384 e. The third-order valence-corrected chi connectivity index (χ3v) is 3.41. The van der Waals surface area contributed by atoms with E-state index in [0.717, 1.165) is 10.9 Å². The van der Waals surface area contributed by atoms with Crippen molar-refractivity contribution < 1.29 is 9.18 Å². The maximum Gasteiger partial charge on any atom is 0.226 e. The number of benzene rings is 2. The van der Waals surface area contributed by atoms with Gasteiger partial charge in [0.1, 0.15) is 5.82 Å². The second kappa shape index (κ2) is 6.87. The van der Waals surface area contributed by atoms with Gasteiger partial charge < -0.3 is 10.6 Å². The summed E-state index contributed by atoms with van der Waals surface area (Å²) < 4.78 is 13.1. The van der Waals surface area contributed by atoms with Crippen LogP contribution < -0.4 is 10.6 Å². The summed E-state index contributed by atoms with van der Waals surface area (Å²) in [7, 11) is 0. The predicted octanol–water partition coefficient (Wildman–Crippen LogP) is 3.81. The number of nitrogens with zero attached hydrogens (tertiary/aromatic N) is 1. The Balaban J connectivity index is 1.59. The number of amides is 1. The van der Waals surface area contributed by atoms with Crippen LogP contribution in [0.15, 0.2) is 60.8 Å². The fourth-order valence-electron chi connectivity index (χ4n) is 2.34. The van der Waals surface area contributed by atoms with Crippen molar-refractivity contribution >= 4 is 28.2 Å². The van der Waals surface area contributed by atoms with Gasteiger partial charge in [-0.2, -0.15) is 0 Å². The molecule has 0 aliphatic rings. The van der Waals surface area contributed by atoms with Crippen molar-refractivity contribution in [3.63, 3.8) is 0 Å². The Morgan fingerprint density at radius 3 is 2.78 bits per heavy atom. The number of para-hydroxylation sites is 1. The van der Waals surface area contributed by atoms with E-state index in [1.54, 1.807) is 18.3 Å². The second-order valence-electron chi connectivity index (χ2n) is 5.12. The summed E-state index contributed by atoms with van der Waals surface area (Å²) in [4.78, 5) is 16.4. The maximum absolute atomic E-state index is 13.1. The van der Waals surface area contributed by atoms with Gasteiger partial charge in [0.2, 0.25) is 5.91 Å². The highest BCUT2D eigenvalue weighted by Crippen LogP contribution is 2.20. The molecule has 0 atom stereocenters. The molecule has 3 aromatic rings. The molecule has 1 aromatic heterocycles. The van der Waals surface area contributed by atoms with Crippen molar-refractivity contribution in [2.24, 2.45) is 0 Å². The summed E-state index contributed by atoms with van der Waals surface area (Å²) in [5.41, 5.74) is 2.12. The minimum Gasteiger partial charge on any atom is -0.384 e. The zero-order valence-corrected chi connectivity index (χ0v) is 12.4. The van der Waals surface area contributed by atoms with Crippen LogP contribution in [-0.4, -0.2) is 17.4 Å². The molecule has 2 N–H and O–H groups in total. The lowest BCUT2D eigenvalue weighted by Gasteiger charge is -2.09. The molecule has 0 radical (unpaired) electrons. The number of carbonyl (C=O) groups is 1. The summed E-state index contributed by atoms with van der Waals surface area (Å²) in [6, 6.07) is 15.6. The van der Waals surface area contributed by atoms with Crippen LogP contribution in [0.2, 0.25) is 0 Å². The van der Waals surface area contributed by atoms with E-state index in [2.05, 4.69) is 15.6 Å². The molecular formula is C18H16FN3O. The lowest BCUT2D eigenvalue weighted by molar-refractivity contribution is -0.115. The molecule has 3 rings (SSSR count). The molecule has 4 nitrogen and oxygen atoms in total. The van der Waals surface area contributed by atoms with E-state index in [1.807, 2.05) is 30.3 Å². The fourth-order valence-corrected chi connectivity index (χ4v) is 2.34. The first-order valence-electron chi connectivity index (χ1n) is 7.35. The Bertz CT molecular complexity index is 830. The molecule has 0 fully saturated rings. The molecule has 0 aliphatic carbocycles. The Hall–Kier alpha value is -2.95. The van der Waals surface area contributed by atoms with Crippen LogP contribution in [0, 0.1) is 5.82 Å². The summed E-state index contributed by atoms with van der Waals surface area (Å²) in [5.74, 6) is -0.423. The van der Waals surface area contributed by atoms with Crippen LogP contribution >= 0.6 is 0 Å². The number of hydrogen-bond donors (Lipinski definition) is 2. The molecule has 116 valence electrons. The Labute approximate surface area is 133 Å². The van der Waals surface area contributed by atoms with Crippen molar-refractivity contribution in [1.29, 1.82) is 0 Å². The first-order valence-corrected chi connectivity index (χ1v) is 7.35. The molecule has 0 aliphatic heterocycles. The molecular weight excluding hydrogens is 293 g/mol. The van der Waals surface area contributed by atoms with Crippen LogP contribution in [0.3, 0.4) is 0 Å². The molecule has 0 bridgehead atoms. The Kier molecular flexibility index (Phi) is 4.47. The molecule has 1 heterocycles. The van der Waals surface area contributed by atoms with Gasteiger partial charge >= 0.3 is 0 Å². The fraction of sp³-hybridized carbons (Fsp3) is 0.111. The number of hydrogen-bond acceptors (Lipinski definition) is 3. The van der Waals surface area contributed by atoms with Crippen LogP contribution in [0.5, 0.6) is 0 Å². The lowest BCUT2D eigenvalue weighted by atomic mass is 10.2. The number of nitrogens with one attached hydrogen (secondary N) is 2. The molecule has 0 spiro atoms. The molecule has 23 heavy (non-hydrogen) atoms. The molecule has 2 aromatic carbocycles. The van der Waals surface area contributed by atoms with Crippen LogP contribution in [0.4, 0.5) is 15.8 Å². The van der Waals surface area contributed by atoms with Gasteiger partial charge in [-0.05, 0) is 30.3 Å². The molecule has 0 saturated heterocycles. The smallest absolute Gasteiger partial charge is 0.226 e. The quantitative estimate of drug-likeness (QED) is 0.753. The average Bonchev–Trinajstić information content (AvgIpc) is 2.55. The summed E-state index contributed by atoms with van der Waals surface area (Å²) in [5, 5.41) is 6.87. The highest BCUT2D eigenvalue weighted by Gasteiger charge is 2.06. The predicted molar refractivity (Wildman–Crippen MR) is 89.9 cm³/mol. The maximum atomic E-state index is 13.1. The zero-order valence-electron chi connectivity index (χ0n) is 12.4. The van der Waals surface area contributed by atoms with E-state index in [9.17, 15) is 9.18 Å². The van der Waals surface area contributed by atoms with Crippen LogP contribution in [0.1, 0.15) is 6.42 Å². The number of fused-ring (bicyclic) bond motifs is 1. The highest BCUT2D eigenvalue weighted by molar-refractivity contribution is 6.00. The first-order chi connectivity index (χ1) is 11.2. The third kappa shape index (κ3) is 3.83. The number of aromatic nitrogens is 1. The zero-order chi connectivity index (χ0) is 16.1. The topological polar surface area (TPSA) is 54.0 Å². The average molecular weight is 309 g/mol. The summed E-state index contributed by atoms with van der Waals surface area (Å²) in [6.07, 6.45) is 1.98. The number of rotatable bonds is 5. The third-order valence-electron chi connectivity index (χ3n) is 3.41. The molecule has 0 unspecified atom stereocenters. The second-order valence-corrected chi connectivity index (χ2v) is 5.12. The summed E-state index contributed by atoms with van der Waals surface area (Å²) in [6.45, 7) is 0.424. The van der Waals surface area contributed by atoms with Crippen molar-refractivity contribution in [3.05, 3.63) is 66.6 Å². The van der Waals surface area contributed by atoms with Gasteiger partial charge in [-0.3, -0.25) is 9.78 Å². The van der Waals surface area contributed by atoms with E-state index in [1.165, 1.54) is 12.1 Å². The number of carbonyl (C=O) groups excluding carboxylic acids is 1. The lowest BCUT2D eigenvalue weighted by Crippen LogP contribution is -2.16. The van der Waals surface area contributed by atoms with E-state index < -0.39 is 0 Å². The molecule has 0 saturated carbocycles. The minimum absolute atomic E-state index is 0.118. The minimum atomic E-state index is -0.304. The molecule has 5 heteroatoms. The van der Waals surface area contributed by atoms with Crippen molar-refractivity contribution in [1.82, 2.24) is 4.98 Å². The van der Waals surface area contributed by atoms with Gasteiger partial charge in [0.05, 0.1) is 11.2 Å². The number of halogens is 1. The van der Waals surface area contributed by atoms with E-state index >= 15 is 0 Å². The van der Waals surface area contributed by atoms with Gasteiger partial charge in [-0.1, -0.05) is 24.3 Å². The van der Waals surface area contributed by atoms with Gasteiger partial charge in [-0.15, -0.1) is 0 Å². The molecule has 1 amide bonds. The Morgan fingerprint density at radius 2 is 1.91 bits per heavy atom. The van der Waals surface area contributed by atoms with Crippen molar-refractivity contribution in [3.8, 4) is 0 Å². The van der Waals surface area contributed by atoms with Gasteiger partial charge in [0.25, 0.3) is 0 Å². The monoisotopic (exact) mass is 309 g/mol. The number of pyridine rings is 1. The first kappa shape index (κ1) is 15.0. The van der Waals surface area contributed by atoms with Crippen molar-refractivity contribution in [2.45, 2.75) is 6.42 Å². The normalized spacial score (nSPS) is 10.5. The summed E-state index contributed by atoms with van der Waals surface area (Å²) >= 11 is 0. The van der Waals surface area contributed by atoms with Crippen LogP contribution in [0.25, 0.3) is 10.9 Å². The van der Waals surface area contributed by atoms with Gasteiger partial charge in [0.15, 0.2) is 0 Å². The SMILES string of the molecule is O=C(CCNc1cccc(F)c1)Nc1cccc2cccnc12. The van der Waals surface area contributed by atoms with E-state index in [-0.39, 0.29) is 18.1 Å². The Morgan fingerprint density at radius 1 is 1.09 bits per heavy atom. The van der Waals surface area contributed by atoms with Gasteiger partial charge in [-0.25, -0.2) is 4.39 Å². The highest BCUT2D eigenvalue weighted by atomic mass is 19.1. The van der Waals surface area contributed by atoms with E-state index in [4.69, 9.17) is 0 Å². The van der Waals surface area contributed by atoms with Gasteiger partial charge in [0, 0.05) is 30.2 Å². The van der Waals surface area contributed by atoms with Crippen LogP contribution in [-0.2, 0) is 4.79 Å². The standard InChI is InChI=1S/C18H16FN3O/c19-14-6-2-7-15(12-14)20-11-9-17(23)22-16-8-1-4-13-5-3-10-21-18(13)16/h1-8,10,12,20H,9,11H2,(H,22,23). The van der Waals surface area contributed by atoms with Crippen molar-refractivity contribution in [2.75, 3.05) is 17.2 Å².